The number of nitrogens with one attached hydrogen (secondary N) is 1. The average Bonchev–Trinajstić information content (AvgIpc) is 2.82. The summed E-state index contributed by atoms with van der Waals surface area (Å²) in [5, 5.41) is 3.32. The lowest BCUT2D eigenvalue weighted by molar-refractivity contribution is -0.122. The lowest BCUT2D eigenvalue weighted by Gasteiger charge is -2.33. The number of para-hydroxylation sites is 1. The van der Waals surface area contributed by atoms with Crippen LogP contribution in [-0.4, -0.2) is 52.3 Å². The summed E-state index contributed by atoms with van der Waals surface area (Å²) in [6.07, 6.45) is -0.116. The minimum Gasteiger partial charge on any atom is -0.374 e. The first-order valence-electron chi connectivity index (χ1n) is 10.9. The Labute approximate surface area is 186 Å². The molecule has 1 aromatic heterocycles. The molecule has 0 bridgehead atoms. The largest absolute Gasteiger partial charge is 0.374 e. The van der Waals surface area contributed by atoms with Gasteiger partial charge in [-0.1, -0.05) is 42.5 Å². The lowest BCUT2D eigenvalue weighted by Crippen LogP contribution is -2.48. The molecule has 0 radical (unpaired) electrons. The first-order valence-corrected chi connectivity index (χ1v) is 10.9. The Morgan fingerprint density at radius 3 is 2.59 bits per heavy atom. The number of hydrogen-bond donors (Lipinski definition) is 1. The maximum atomic E-state index is 12.8. The zero-order valence-electron chi connectivity index (χ0n) is 18.2. The molecule has 4 rings (SSSR count). The first-order chi connectivity index (χ1) is 15.6. The van der Waals surface area contributed by atoms with Crippen LogP contribution in [0.15, 0.2) is 64.2 Å². The molecule has 1 atom stereocenters. The zero-order chi connectivity index (χ0) is 22.5. The summed E-state index contributed by atoms with van der Waals surface area (Å²) >= 11 is 0. The topological polar surface area (TPSA) is 85.6 Å². The minimum atomic E-state index is -0.477. The standard InChI is InChI=1S/C24H28N4O4/c1-2-27-23(30)20-10-6-7-11-21(20)28(24(27)31)17-22(29)25-14-19-16-26(12-13-32-19)15-18-8-4-3-5-9-18/h3-11,19H,2,12-17H2,1H3,(H,25,29). The molecule has 1 N–H and O–H groups in total. The fourth-order valence-electron chi connectivity index (χ4n) is 4.12. The molecular weight excluding hydrogens is 408 g/mol. The molecule has 1 amide bonds. The number of nitrogens with zero attached hydrogens (tertiary/aromatic N) is 3. The smallest absolute Gasteiger partial charge is 0.331 e. The summed E-state index contributed by atoms with van der Waals surface area (Å²) in [5.41, 5.74) is 0.896. The highest BCUT2D eigenvalue weighted by Gasteiger charge is 2.21. The van der Waals surface area contributed by atoms with Crippen LogP contribution in [0, 0.1) is 0 Å². The Bertz CT molecular complexity index is 1200. The average molecular weight is 437 g/mol. The Morgan fingerprint density at radius 1 is 1.06 bits per heavy atom. The van der Waals surface area contributed by atoms with Gasteiger partial charge in [-0.25, -0.2) is 4.79 Å². The van der Waals surface area contributed by atoms with Gasteiger partial charge in [0.1, 0.15) is 6.54 Å². The fourth-order valence-corrected chi connectivity index (χ4v) is 4.12. The van der Waals surface area contributed by atoms with E-state index < -0.39 is 5.69 Å². The molecule has 3 aromatic rings. The van der Waals surface area contributed by atoms with Gasteiger partial charge in [-0.05, 0) is 24.6 Å². The third kappa shape index (κ3) is 4.81. The molecule has 1 saturated heterocycles. The van der Waals surface area contributed by atoms with E-state index in [1.54, 1.807) is 31.2 Å². The van der Waals surface area contributed by atoms with Crippen molar-refractivity contribution in [1.82, 2.24) is 19.4 Å². The van der Waals surface area contributed by atoms with Gasteiger partial charge in [-0.2, -0.15) is 0 Å². The van der Waals surface area contributed by atoms with E-state index in [2.05, 4.69) is 22.3 Å². The number of carbonyl (C=O) groups excluding carboxylic acids is 1. The normalized spacial score (nSPS) is 16.8. The number of rotatable bonds is 7. The molecule has 1 aliphatic heterocycles. The fraction of sp³-hybridized carbons (Fsp3) is 0.375. The quantitative estimate of drug-likeness (QED) is 0.602. The summed E-state index contributed by atoms with van der Waals surface area (Å²) in [7, 11) is 0. The Morgan fingerprint density at radius 2 is 1.81 bits per heavy atom. The van der Waals surface area contributed by atoms with E-state index >= 15 is 0 Å². The molecule has 168 valence electrons. The van der Waals surface area contributed by atoms with E-state index in [1.807, 2.05) is 18.2 Å². The van der Waals surface area contributed by atoms with Gasteiger partial charge in [-0.3, -0.25) is 23.6 Å². The lowest BCUT2D eigenvalue weighted by atomic mass is 10.2. The van der Waals surface area contributed by atoms with Crippen molar-refractivity contribution >= 4 is 16.8 Å². The van der Waals surface area contributed by atoms with E-state index in [0.29, 0.717) is 24.1 Å². The molecule has 0 saturated carbocycles. The van der Waals surface area contributed by atoms with Crippen molar-refractivity contribution in [1.29, 1.82) is 0 Å². The van der Waals surface area contributed by atoms with Gasteiger partial charge in [0.15, 0.2) is 0 Å². The molecule has 0 spiro atoms. The maximum Gasteiger partial charge on any atom is 0.331 e. The number of fused-ring (bicyclic) bond motifs is 1. The van der Waals surface area contributed by atoms with Crippen LogP contribution in [-0.2, 0) is 29.2 Å². The summed E-state index contributed by atoms with van der Waals surface area (Å²) in [6, 6.07) is 17.1. The number of morpholine rings is 1. The molecule has 0 aliphatic carbocycles. The second kappa shape index (κ2) is 9.93. The first kappa shape index (κ1) is 22.0. The van der Waals surface area contributed by atoms with Crippen LogP contribution in [0.25, 0.3) is 10.9 Å². The van der Waals surface area contributed by atoms with E-state index in [0.717, 1.165) is 24.2 Å². The van der Waals surface area contributed by atoms with Crippen molar-refractivity contribution in [3.05, 3.63) is 81.0 Å². The van der Waals surface area contributed by atoms with Crippen LogP contribution in [0.1, 0.15) is 12.5 Å². The van der Waals surface area contributed by atoms with Crippen molar-refractivity contribution in [2.45, 2.75) is 32.7 Å². The van der Waals surface area contributed by atoms with E-state index in [9.17, 15) is 14.4 Å². The molecule has 1 fully saturated rings. The monoisotopic (exact) mass is 436 g/mol. The summed E-state index contributed by atoms with van der Waals surface area (Å²) in [6.45, 7) is 5.22. The predicted molar refractivity (Wildman–Crippen MR) is 123 cm³/mol. The van der Waals surface area contributed by atoms with Crippen molar-refractivity contribution < 1.29 is 9.53 Å². The second-order valence-corrected chi connectivity index (χ2v) is 7.95. The molecule has 2 heterocycles. The number of carbonyl (C=O) groups is 1. The van der Waals surface area contributed by atoms with Crippen LogP contribution in [0.2, 0.25) is 0 Å². The molecule has 8 heteroatoms. The highest BCUT2D eigenvalue weighted by atomic mass is 16.5. The van der Waals surface area contributed by atoms with Crippen molar-refractivity contribution in [2.24, 2.45) is 0 Å². The molecule has 8 nitrogen and oxygen atoms in total. The van der Waals surface area contributed by atoms with Gasteiger partial charge in [0.05, 0.1) is 23.6 Å². The molecule has 1 aliphatic rings. The molecular formula is C24H28N4O4. The summed E-state index contributed by atoms with van der Waals surface area (Å²) in [4.78, 5) is 40.3. The van der Waals surface area contributed by atoms with Gasteiger partial charge in [0.25, 0.3) is 5.56 Å². The third-order valence-electron chi connectivity index (χ3n) is 5.75. The Kier molecular flexibility index (Phi) is 6.82. The Hall–Kier alpha value is -3.23. The molecule has 2 aromatic carbocycles. The number of ether oxygens (including phenoxy) is 1. The van der Waals surface area contributed by atoms with Crippen LogP contribution >= 0.6 is 0 Å². The Balaban J connectivity index is 1.41. The highest BCUT2D eigenvalue weighted by molar-refractivity contribution is 5.81. The van der Waals surface area contributed by atoms with Crippen molar-refractivity contribution in [3.8, 4) is 0 Å². The summed E-state index contributed by atoms with van der Waals surface area (Å²) in [5.74, 6) is -0.290. The predicted octanol–water partition coefficient (Wildman–Crippen LogP) is 1.20. The van der Waals surface area contributed by atoms with Crippen LogP contribution in [0.5, 0.6) is 0 Å². The number of aromatic nitrogens is 2. The van der Waals surface area contributed by atoms with Gasteiger partial charge in [0.2, 0.25) is 5.91 Å². The van der Waals surface area contributed by atoms with Gasteiger partial charge >= 0.3 is 5.69 Å². The zero-order valence-corrected chi connectivity index (χ0v) is 18.2. The van der Waals surface area contributed by atoms with E-state index in [1.165, 1.54) is 10.1 Å². The number of amides is 1. The second-order valence-electron chi connectivity index (χ2n) is 7.95. The van der Waals surface area contributed by atoms with Gasteiger partial charge < -0.3 is 10.1 Å². The van der Waals surface area contributed by atoms with Gasteiger partial charge in [-0.15, -0.1) is 0 Å². The van der Waals surface area contributed by atoms with Crippen molar-refractivity contribution in [3.63, 3.8) is 0 Å². The number of hydrogen-bond acceptors (Lipinski definition) is 5. The van der Waals surface area contributed by atoms with E-state index in [4.69, 9.17) is 4.74 Å². The van der Waals surface area contributed by atoms with Crippen LogP contribution in [0.4, 0.5) is 0 Å². The summed E-state index contributed by atoms with van der Waals surface area (Å²) < 4.78 is 8.34. The molecule has 1 unspecified atom stereocenters. The third-order valence-corrected chi connectivity index (χ3v) is 5.75. The maximum absolute atomic E-state index is 12.8. The molecule has 32 heavy (non-hydrogen) atoms. The van der Waals surface area contributed by atoms with Crippen LogP contribution in [0.3, 0.4) is 0 Å². The highest BCUT2D eigenvalue weighted by Crippen LogP contribution is 2.10. The van der Waals surface area contributed by atoms with Gasteiger partial charge in [0, 0.05) is 32.7 Å². The van der Waals surface area contributed by atoms with Crippen LogP contribution < -0.4 is 16.6 Å². The number of benzene rings is 2. The minimum absolute atomic E-state index is 0.116. The van der Waals surface area contributed by atoms with E-state index in [-0.39, 0.29) is 30.7 Å². The SMILES string of the molecule is CCn1c(=O)c2ccccc2n(CC(=O)NCC2CN(Cc3ccccc3)CCO2)c1=O. The van der Waals surface area contributed by atoms with Crippen molar-refractivity contribution in [2.75, 3.05) is 26.2 Å².